The molecule has 0 spiro atoms. The number of ether oxygens (including phenoxy) is 1. The summed E-state index contributed by atoms with van der Waals surface area (Å²) in [5.41, 5.74) is 2.28. The van der Waals surface area contributed by atoms with Crippen molar-refractivity contribution in [1.29, 1.82) is 0 Å². The molecule has 0 aliphatic carbocycles. The van der Waals surface area contributed by atoms with Crippen LogP contribution < -0.4 is 0 Å². The Morgan fingerprint density at radius 1 is 1.21 bits per heavy atom. The summed E-state index contributed by atoms with van der Waals surface area (Å²) in [6.45, 7) is 4.08. The zero-order chi connectivity index (χ0) is 16.6. The number of hydrogen-bond acceptors (Lipinski definition) is 6. The molecule has 2 aromatic rings. The third-order valence-electron chi connectivity index (χ3n) is 5.40. The first-order valence-electron chi connectivity index (χ1n) is 8.81. The first-order valence-corrected chi connectivity index (χ1v) is 8.81. The van der Waals surface area contributed by atoms with Crippen LogP contribution in [0.25, 0.3) is 11.2 Å². The van der Waals surface area contributed by atoms with Gasteiger partial charge in [-0.2, -0.15) is 5.10 Å². The zero-order valence-corrected chi connectivity index (χ0v) is 14.2. The Hall–Kier alpha value is -1.57. The largest absolute Gasteiger partial charge is 0.388 e. The summed E-state index contributed by atoms with van der Waals surface area (Å²) >= 11 is 0. The number of hydrogen-bond donors (Lipinski definition) is 1. The van der Waals surface area contributed by atoms with Crippen LogP contribution in [0.4, 0.5) is 0 Å². The van der Waals surface area contributed by atoms with Gasteiger partial charge in [0.2, 0.25) is 0 Å². The second-order valence-corrected chi connectivity index (χ2v) is 7.12. The van der Waals surface area contributed by atoms with E-state index in [0.717, 1.165) is 62.2 Å². The van der Waals surface area contributed by atoms with E-state index in [1.807, 2.05) is 11.7 Å². The van der Waals surface area contributed by atoms with Crippen molar-refractivity contribution in [2.45, 2.75) is 37.2 Å². The molecule has 2 fully saturated rings. The SMILES string of the molecule is Cn1nc(C2CCN(CC3(O)CCOCC3)CC2)c2nccnc21. The fraction of sp³-hybridized carbons (Fsp3) is 0.706. The van der Waals surface area contributed by atoms with Gasteiger partial charge in [0.1, 0.15) is 5.52 Å². The molecule has 0 atom stereocenters. The Labute approximate surface area is 141 Å². The molecule has 7 heteroatoms. The molecule has 0 radical (unpaired) electrons. The van der Waals surface area contributed by atoms with Crippen LogP contribution in [0.2, 0.25) is 0 Å². The van der Waals surface area contributed by atoms with Gasteiger partial charge >= 0.3 is 0 Å². The highest BCUT2D eigenvalue weighted by atomic mass is 16.5. The van der Waals surface area contributed by atoms with Crippen molar-refractivity contribution in [3.8, 4) is 0 Å². The molecular formula is C17H25N5O2. The summed E-state index contributed by atoms with van der Waals surface area (Å²) in [5.74, 6) is 0.422. The van der Waals surface area contributed by atoms with Crippen molar-refractivity contribution in [2.24, 2.45) is 7.05 Å². The Kier molecular flexibility index (Phi) is 4.24. The lowest BCUT2D eigenvalue weighted by atomic mass is 9.89. The van der Waals surface area contributed by atoms with Gasteiger partial charge < -0.3 is 14.7 Å². The third-order valence-corrected chi connectivity index (χ3v) is 5.40. The Bertz CT molecular complexity index is 702. The van der Waals surface area contributed by atoms with E-state index in [-0.39, 0.29) is 0 Å². The lowest BCUT2D eigenvalue weighted by Gasteiger charge is -2.39. The van der Waals surface area contributed by atoms with Crippen LogP contribution in [-0.4, -0.2) is 68.2 Å². The van der Waals surface area contributed by atoms with Gasteiger partial charge in [-0.3, -0.25) is 0 Å². The maximum atomic E-state index is 10.7. The summed E-state index contributed by atoms with van der Waals surface area (Å²) in [7, 11) is 1.93. The van der Waals surface area contributed by atoms with E-state index in [1.54, 1.807) is 12.4 Å². The number of β-amino-alcohol motifs (C(OH)–C–C–N with tert-alkyl or cyclic N) is 1. The van der Waals surface area contributed by atoms with Crippen molar-refractivity contribution in [3.63, 3.8) is 0 Å². The number of aliphatic hydroxyl groups is 1. The molecule has 2 aliphatic heterocycles. The topological polar surface area (TPSA) is 76.3 Å². The molecule has 0 unspecified atom stereocenters. The molecule has 4 rings (SSSR count). The van der Waals surface area contributed by atoms with E-state index in [2.05, 4.69) is 20.0 Å². The summed E-state index contributed by atoms with van der Waals surface area (Å²) < 4.78 is 7.20. The van der Waals surface area contributed by atoms with Gasteiger partial charge in [-0.05, 0) is 25.9 Å². The van der Waals surface area contributed by atoms with Gasteiger partial charge in [0.05, 0.1) is 11.3 Å². The predicted molar refractivity (Wildman–Crippen MR) is 89.7 cm³/mol. The summed E-state index contributed by atoms with van der Waals surface area (Å²) in [4.78, 5) is 11.3. The minimum absolute atomic E-state index is 0.422. The predicted octanol–water partition coefficient (Wildman–Crippen LogP) is 1.08. The van der Waals surface area contributed by atoms with Crippen LogP contribution in [0.15, 0.2) is 12.4 Å². The highest BCUT2D eigenvalue weighted by Crippen LogP contribution is 2.32. The zero-order valence-electron chi connectivity index (χ0n) is 14.2. The van der Waals surface area contributed by atoms with Gasteiger partial charge in [-0.25, -0.2) is 14.6 Å². The summed E-state index contributed by atoms with van der Waals surface area (Å²) in [6, 6.07) is 0. The van der Waals surface area contributed by atoms with E-state index in [0.29, 0.717) is 19.1 Å². The average Bonchev–Trinajstić information content (AvgIpc) is 2.93. The molecule has 2 aliphatic rings. The highest BCUT2D eigenvalue weighted by molar-refractivity contribution is 5.73. The van der Waals surface area contributed by atoms with Gasteiger partial charge in [-0.15, -0.1) is 0 Å². The van der Waals surface area contributed by atoms with Crippen molar-refractivity contribution < 1.29 is 9.84 Å². The third kappa shape index (κ3) is 3.03. The monoisotopic (exact) mass is 331 g/mol. The van der Waals surface area contributed by atoms with Crippen LogP contribution in [0.3, 0.4) is 0 Å². The Morgan fingerprint density at radius 3 is 2.67 bits per heavy atom. The quantitative estimate of drug-likeness (QED) is 0.907. The molecule has 24 heavy (non-hydrogen) atoms. The van der Waals surface area contributed by atoms with Crippen molar-refractivity contribution in [1.82, 2.24) is 24.6 Å². The molecule has 7 nitrogen and oxygen atoms in total. The van der Waals surface area contributed by atoms with Crippen LogP contribution >= 0.6 is 0 Å². The van der Waals surface area contributed by atoms with Crippen molar-refractivity contribution in [2.75, 3.05) is 32.8 Å². The Morgan fingerprint density at radius 2 is 1.92 bits per heavy atom. The molecule has 1 N–H and O–H groups in total. The molecular weight excluding hydrogens is 306 g/mol. The standard InChI is InChI=1S/C17H25N5O2/c1-21-16-15(18-6-7-19-16)14(20-21)13-2-8-22(9-3-13)12-17(23)4-10-24-11-5-17/h6-7,13,23H,2-5,8-12H2,1H3. The normalized spacial score (nSPS) is 22.9. The minimum atomic E-state index is -0.575. The molecule has 4 heterocycles. The van der Waals surface area contributed by atoms with Gasteiger partial charge in [0.15, 0.2) is 5.65 Å². The molecule has 0 saturated carbocycles. The number of piperidine rings is 1. The highest BCUT2D eigenvalue weighted by Gasteiger charge is 2.34. The van der Waals surface area contributed by atoms with Crippen LogP contribution in [0.5, 0.6) is 0 Å². The summed E-state index contributed by atoms with van der Waals surface area (Å²) in [6.07, 6.45) is 7.04. The van der Waals surface area contributed by atoms with Crippen LogP contribution in [-0.2, 0) is 11.8 Å². The fourth-order valence-electron chi connectivity index (χ4n) is 3.97. The first kappa shape index (κ1) is 15.9. The Balaban J connectivity index is 1.42. The molecule has 0 aromatic carbocycles. The van der Waals surface area contributed by atoms with Crippen LogP contribution in [0.1, 0.15) is 37.3 Å². The van der Waals surface area contributed by atoms with E-state index in [9.17, 15) is 5.11 Å². The number of fused-ring (bicyclic) bond motifs is 1. The first-order chi connectivity index (χ1) is 11.6. The number of aryl methyl sites for hydroxylation is 1. The molecule has 2 aromatic heterocycles. The fourth-order valence-corrected chi connectivity index (χ4v) is 3.97. The maximum absolute atomic E-state index is 10.7. The van der Waals surface area contributed by atoms with Gasteiger partial charge in [-0.1, -0.05) is 0 Å². The average molecular weight is 331 g/mol. The molecule has 0 bridgehead atoms. The maximum Gasteiger partial charge on any atom is 0.176 e. The van der Waals surface area contributed by atoms with Crippen molar-refractivity contribution in [3.05, 3.63) is 18.1 Å². The number of likely N-dealkylation sites (tertiary alicyclic amines) is 1. The second kappa shape index (κ2) is 6.38. The molecule has 130 valence electrons. The van der Waals surface area contributed by atoms with E-state index in [1.165, 1.54) is 0 Å². The number of nitrogens with zero attached hydrogens (tertiary/aromatic N) is 5. The van der Waals surface area contributed by atoms with Gasteiger partial charge in [0.25, 0.3) is 0 Å². The van der Waals surface area contributed by atoms with E-state index < -0.39 is 5.60 Å². The number of aromatic nitrogens is 4. The number of rotatable bonds is 3. The van der Waals surface area contributed by atoms with Gasteiger partial charge in [0, 0.05) is 58.0 Å². The molecule has 0 amide bonds. The van der Waals surface area contributed by atoms with E-state index >= 15 is 0 Å². The lowest BCUT2D eigenvalue weighted by Crippen LogP contribution is -2.48. The minimum Gasteiger partial charge on any atom is -0.388 e. The smallest absolute Gasteiger partial charge is 0.176 e. The molecule has 2 saturated heterocycles. The lowest BCUT2D eigenvalue weighted by molar-refractivity contribution is -0.0821. The van der Waals surface area contributed by atoms with Crippen LogP contribution in [0, 0.1) is 0 Å². The summed E-state index contributed by atoms with van der Waals surface area (Å²) in [5, 5.41) is 15.4. The van der Waals surface area contributed by atoms with Crippen molar-refractivity contribution >= 4 is 11.2 Å². The van der Waals surface area contributed by atoms with E-state index in [4.69, 9.17) is 4.74 Å². The second-order valence-electron chi connectivity index (χ2n) is 7.12.